The molecule has 4 nitrogen and oxygen atoms in total. The zero-order valence-electron chi connectivity index (χ0n) is 12.9. The topological polar surface area (TPSA) is 49.4 Å². The molecule has 2 amide bonds. The molecule has 0 spiro atoms. The van der Waals surface area contributed by atoms with E-state index in [-0.39, 0.29) is 24.6 Å². The smallest absolute Gasteiger partial charge is 0.226 e. The summed E-state index contributed by atoms with van der Waals surface area (Å²) < 4.78 is 26.8. The molecule has 1 N–H and O–H groups in total. The summed E-state index contributed by atoms with van der Waals surface area (Å²) >= 11 is 5.95. The number of anilines is 2. The van der Waals surface area contributed by atoms with E-state index in [4.69, 9.17) is 11.6 Å². The van der Waals surface area contributed by atoms with Gasteiger partial charge in [0.1, 0.15) is 11.6 Å². The van der Waals surface area contributed by atoms with Crippen molar-refractivity contribution in [3.8, 4) is 0 Å². The molecular weight excluding hydrogens is 338 g/mol. The molecule has 0 saturated carbocycles. The average Bonchev–Trinajstić information content (AvgIpc) is 2.51. The van der Waals surface area contributed by atoms with E-state index in [1.165, 1.54) is 6.92 Å². The highest BCUT2D eigenvalue weighted by molar-refractivity contribution is 6.33. The van der Waals surface area contributed by atoms with Crippen molar-refractivity contribution in [1.29, 1.82) is 0 Å². The standard InChI is InChI=1S/C17H15ClF2N2O2/c1-11(23)22(16-7-6-12(19)10-14(16)20)9-8-17(24)21-15-5-3-2-4-13(15)18/h2-7,10H,8-9H2,1H3,(H,21,24). The van der Waals surface area contributed by atoms with Crippen LogP contribution in [0.2, 0.25) is 5.02 Å². The molecule has 0 fully saturated rings. The van der Waals surface area contributed by atoms with Gasteiger partial charge in [-0.05, 0) is 24.3 Å². The lowest BCUT2D eigenvalue weighted by atomic mass is 10.2. The first kappa shape index (κ1) is 17.9. The number of carbonyl (C=O) groups is 2. The van der Waals surface area contributed by atoms with Crippen LogP contribution in [0.3, 0.4) is 0 Å². The molecule has 0 atom stereocenters. The fourth-order valence-corrected chi connectivity index (χ4v) is 2.32. The molecule has 0 heterocycles. The maximum Gasteiger partial charge on any atom is 0.226 e. The second-order valence-corrected chi connectivity index (χ2v) is 5.45. The monoisotopic (exact) mass is 352 g/mol. The minimum Gasteiger partial charge on any atom is -0.325 e. The highest BCUT2D eigenvalue weighted by atomic mass is 35.5. The van der Waals surface area contributed by atoms with Crippen LogP contribution >= 0.6 is 11.6 Å². The van der Waals surface area contributed by atoms with Crippen LogP contribution in [-0.4, -0.2) is 18.4 Å². The van der Waals surface area contributed by atoms with Gasteiger partial charge in [-0.15, -0.1) is 0 Å². The van der Waals surface area contributed by atoms with Gasteiger partial charge < -0.3 is 10.2 Å². The van der Waals surface area contributed by atoms with Crippen molar-refractivity contribution in [3.05, 3.63) is 59.1 Å². The number of halogens is 3. The summed E-state index contributed by atoms with van der Waals surface area (Å²) in [5.74, 6) is -2.43. The SMILES string of the molecule is CC(=O)N(CCC(=O)Nc1ccccc1Cl)c1ccc(F)cc1F. The number of hydrogen-bond acceptors (Lipinski definition) is 2. The molecule has 0 aromatic heterocycles. The number of benzene rings is 2. The molecule has 0 aliphatic carbocycles. The first-order valence-electron chi connectivity index (χ1n) is 7.16. The van der Waals surface area contributed by atoms with Gasteiger partial charge in [0.05, 0.1) is 16.4 Å². The van der Waals surface area contributed by atoms with E-state index in [9.17, 15) is 18.4 Å². The third-order valence-corrected chi connectivity index (χ3v) is 3.62. The summed E-state index contributed by atoms with van der Waals surface area (Å²) in [5.41, 5.74) is 0.376. The van der Waals surface area contributed by atoms with Crippen molar-refractivity contribution in [3.63, 3.8) is 0 Å². The molecule has 7 heteroatoms. The molecule has 0 aliphatic heterocycles. The molecule has 2 rings (SSSR count). The quantitative estimate of drug-likeness (QED) is 0.884. The van der Waals surface area contributed by atoms with Gasteiger partial charge in [0.25, 0.3) is 0 Å². The Bertz CT molecular complexity index is 768. The van der Waals surface area contributed by atoms with Crippen molar-refractivity contribution < 1.29 is 18.4 Å². The Morgan fingerprint density at radius 3 is 2.50 bits per heavy atom. The maximum atomic E-state index is 13.8. The van der Waals surface area contributed by atoms with E-state index < -0.39 is 17.5 Å². The molecule has 0 bridgehead atoms. The minimum atomic E-state index is -0.864. The highest BCUT2D eigenvalue weighted by Gasteiger charge is 2.18. The Hall–Kier alpha value is -2.47. The second kappa shape index (κ2) is 7.88. The number of hydrogen-bond donors (Lipinski definition) is 1. The number of nitrogens with one attached hydrogen (secondary N) is 1. The first-order chi connectivity index (χ1) is 11.4. The van der Waals surface area contributed by atoms with Gasteiger partial charge in [0, 0.05) is 26.0 Å². The van der Waals surface area contributed by atoms with Crippen molar-refractivity contribution in [2.45, 2.75) is 13.3 Å². The molecule has 0 radical (unpaired) electrons. The van der Waals surface area contributed by atoms with E-state index in [0.29, 0.717) is 16.8 Å². The second-order valence-electron chi connectivity index (χ2n) is 5.04. The van der Waals surface area contributed by atoms with E-state index in [2.05, 4.69) is 5.32 Å². The molecule has 0 saturated heterocycles. The normalized spacial score (nSPS) is 10.3. The summed E-state index contributed by atoms with van der Waals surface area (Å²) in [7, 11) is 0. The molecule has 0 unspecified atom stereocenters. The third kappa shape index (κ3) is 4.52. The molecule has 126 valence electrons. The minimum absolute atomic E-state index is 0.0474. The first-order valence-corrected chi connectivity index (χ1v) is 7.54. The highest BCUT2D eigenvalue weighted by Crippen LogP contribution is 2.22. The Kier molecular flexibility index (Phi) is 5.87. The van der Waals surface area contributed by atoms with Gasteiger partial charge in [-0.25, -0.2) is 8.78 Å². The Morgan fingerprint density at radius 1 is 1.17 bits per heavy atom. The van der Waals surface area contributed by atoms with Crippen LogP contribution in [0.15, 0.2) is 42.5 Å². The third-order valence-electron chi connectivity index (χ3n) is 3.29. The van der Waals surface area contributed by atoms with Crippen LogP contribution in [0.25, 0.3) is 0 Å². The van der Waals surface area contributed by atoms with Crippen LogP contribution in [0.5, 0.6) is 0 Å². The van der Waals surface area contributed by atoms with Gasteiger partial charge in [-0.3, -0.25) is 9.59 Å². The van der Waals surface area contributed by atoms with E-state index >= 15 is 0 Å². The Labute approximate surface area is 143 Å². The molecule has 2 aromatic rings. The summed E-state index contributed by atoms with van der Waals surface area (Å²) in [5, 5.41) is 3.00. The average molecular weight is 353 g/mol. The van der Waals surface area contributed by atoms with Gasteiger partial charge in [-0.2, -0.15) is 0 Å². The number of carbonyl (C=O) groups excluding carboxylic acids is 2. The Morgan fingerprint density at radius 2 is 1.88 bits per heavy atom. The molecule has 24 heavy (non-hydrogen) atoms. The van der Waals surface area contributed by atoms with Crippen molar-refractivity contribution in [2.24, 2.45) is 0 Å². The molecule has 0 aliphatic rings. The summed E-state index contributed by atoms with van der Waals surface area (Å²) in [6.07, 6.45) is -0.0678. The number of rotatable bonds is 5. The number of amides is 2. The van der Waals surface area contributed by atoms with Crippen molar-refractivity contribution in [2.75, 3.05) is 16.8 Å². The summed E-state index contributed by atoms with van der Waals surface area (Å²) in [4.78, 5) is 24.8. The van der Waals surface area contributed by atoms with Crippen LogP contribution in [0.1, 0.15) is 13.3 Å². The fourth-order valence-electron chi connectivity index (χ4n) is 2.14. The van der Waals surface area contributed by atoms with Crippen LogP contribution in [0, 0.1) is 11.6 Å². The molecule has 2 aromatic carbocycles. The predicted molar refractivity (Wildman–Crippen MR) is 89.1 cm³/mol. The largest absolute Gasteiger partial charge is 0.325 e. The fraction of sp³-hybridized carbons (Fsp3) is 0.176. The van der Waals surface area contributed by atoms with Crippen molar-refractivity contribution in [1.82, 2.24) is 0 Å². The molecular formula is C17H15ClF2N2O2. The zero-order chi connectivity index (χ0) is 17.7. The Balaban J connectivity index is 2.05. The van der Waals surface area contributed by atoms with Gasteiger partial charge in [0.15, 0.2) is 0 Å². The van der Waals surface area contributed by atoms with E-state index in [1.807, 2.05) is 0 Å². The lowest BCUT2D eigenvalue weighted by Gasteiger charge is -2.21. The zero-order valence-corrected chi connectivity index (χ0v) is 13.6. The van der Waals surface area contributed by atoms with Crippen LogP contribution in [0.4, 0.5) is 20.2 Å². The summed E-state index contributed by atoms with van der Waals surface area (Å²) in [6, 6.07) is 9.63. The van der Waals surface area contributed by atoms with E-state index in [0.717, 1.165) is 17.0 Å². The number of nitrogens with zero attached hydrogens (tertiary/aromatic N) is 1. The van der Waals surface area contributed by atoms with Gasteiger partial charge in [0.2, 0.25) is 11.8 Å². The van der Waals surface area contributed by atoms with Crippen LogP contribution < -0.4 is 10.2 Å². The predicted octanol–water partition coefficient (Wildman–Crippen LogP) is 4.00. The summed E-state index contributed by atoms with van der Waals surface area (Å²) in [6.45, 7) is 1.20. The van der Waals surface area contributed by atoms with Gasteiger partial charge in [-0.1, -0.05) is 23.7 Å². The number of para-hydroxylation sites is 1. The lowest BCUT2D eigenvalue weighted by Crippen LogP contribution is -2.32. The lowest BCUT2D eigenvalue weighted by molar-refractivity contribution is -0.117. The maximum absolute atomic E-state index is 13.8. The van der Waals surface area contributed by atoms with E-state index in [1.54, 1.807) is 24.3 Å². The van der Waals surface area contributed by atoms with Gasteiger partial charge >= 0.3 is 0 Å². The van der Waals surface area contributed by atoms with Crippen LogP contribution in [-0.2, 0) is 9.59 Å². The van der Waals surface area contributed by atoms with Crippen molar-refractivity contribution >= 4 is 34.8 Å².